The summed E-state index contributed by atoms with van der Waals surface area (Å²) in [5.74, 6) is -0.877. The second kappa shape index (κ2) is 7.55. The number of aromatic nitrogens is 1. The number of ether oxygens (including phenoxy) is 1. The standard InChI is InChI=1S/C18H12ClFN2O5/c1-10-15(21-27-17(10)11-2-5-13(20)6-3-11)9-26-18(23)14-8-12(19)4-7-16(14)22(24)25/h2-8H,9H2,1H3. The van der Waals surface area contributed by atoms with Crippen molar-refractivity contribution >= 4 is 23.3 Å². The zero-order valence-electron chi connectivity index (χ0n) is 13.9. The molecular formula is C18H12ClFN2O5. The van der Waals surface area contributed by atoms with Gasteiger partial charge >= 0.3 is 5.97 Å². The number of carbonyl (C=O) groups is 1. The van der Waals surface area contributed by atoms with E-state index < -0.39 is 16.6 Å². The van der Waals surface area contributed by atoms with E-state index in [0.29, 0.717) is 22.6 Å². The number of rotatable bonds is 5. The first-order valence-corrected chi connectivity index (χ1v) is 8.06. The molecule has 7 nitrogen and oxygen atoms in total. The van der Waals surface area contributed by atoms with E-state index >= 15 is 0 Å². The van der Waals surface area contributed by atoms with Gasteiger partial charge in [0.2, 0.25) is 0 Å². The van der Waals surface area contributed by atoms with Crippen molar-refractivity contribution in [2.24, 2.45) is 0 Å². The van der Waals surface area contributed by atoms with Gasteiger partial charge in [0, 0.05) is 22.2 Å². The molecule has 27 heavy (non-hydrogen) atoms. The Morgan fingerprint density at radius 2 is 2.00 bits per heavy atom. The van der Waals surface area contributed by atoms with E-state index in [0.717, 1.165) is 6.07 Å². The minimum atomic E-state index is -0.907. The summed E-state index contributed by atoms with van der Waals surface area (Å²) in [5.41, 5.74) is 0.896. The fourth-order valence-electron chi connectivity index (χ4n) is 2.42. The third-order valence-corrected chi connectivity index (χ3v) is 4.08. The third kappa shape index (κ3) is 3.95. The predicted molar refractivity (Wildman–Crippen MR) is 93.9 cm³/mol. The molecule has 9 heteroatoms. The molecule has 0 bridgehead atoms. The summed E-state index contributed by atoms with van der Waals surface area (Å²) in [6, 6.07) is 9.26. The average Bonchev–Trinajstić information content (AvgIpc) is 3.00. The largest absolute Gasteiger partial charge is 0.455 e. The lowest BCUT2D eigenvalue weighted by Gasteiger charge is -2.05. The molecule has 138 valence electrons. The minimum Gasteiger partial charge on any atom is -0.455 e. The van der Waals surface area contributed by atoms with Crippen LogP contribution in [-0.2, 0) is 11.3 Å². The van der Waals surface area contributed by atoms with E-state index in [1.807, 2.05) is 0 Å². The van der Waals surface area contributed by atoms with Crippen molar-refractivity contribution in [1.82, 2.24) is 5.16 Å². The topological polar surface area (TPSA) is 95.5 Å². The van der Waals surface area contributed by atoms with Crippen molar-refractivity contribution in [2.75, 3.05) is 0 Å². The molecule has 3 rings (SSSR count). The van der Waals surface area contributed by atoms with Gasteiger partial charge in [0.25, 0.3) is 5.69 Å². The van der Waals surface area contributed by atoms with E-state index in [9.17, 15) is 19.3 Å². The number of hydrogen-bond acceptors (Lipinski definition) is 6. The second-order valence-corrected chi connectivity index (χ2v) is 6.02. The Morgan fingerprint density at radius 1 is 1.30 bits per heavy atom. The molecule has 0 atom stereocenters. The number of hydrogen-bond donors (Lipinski definition) is 0. The molecule has 0 spiro atoms. The third-order valence-electron chi connectivity index (χ3n) is 3.84. The van der Waals surface area contributed by atoms with Gasteiger partial charge in [-0.05, 0) is 43.3 Å². The first-order valence-electron chi connectivity index (χ1n) is 7.69. The van der Waals surface area contributed by atoms with Crippen LogP contribution in [0.25, 0.3) is 11.3 Å². The lowest BCUT2D eigenvalue weighted by molar-refractivity contribution is -0.385. The number of halogens is 2. The van der Waals surface area contributed by atoms with Crippen molar-refractivity contribution < 1.29 is 23.4 Å². The summed E-state index contributed by atoms with van der Waals surface area (Å²) >= 11 is 5.81. The summed E-state index contributed by atoms with van der Waals surface area (Å²) in [6.07, 6.45) is 0. The number of carbonyl (C=O) groups excluding carboxylic acids is 1. The van der Waals surface area contributed by atoms with Crippen molar-refractivity contribution in [3.05, 3.63) is 80.2 Å². The molecule has 0 N–H and O–H groups in total. The highest BCUT2D eigenvalue weighted by Gasteiger charge is 2.23. The van der Waals surface area contributed by atoms with Gasteiger partial charge in [0.05, 0.1) is 4.92 Å². The highest BCUT2D eigenvalue weighted by Crippen LogP contribution is 2.27. The smallest absolute Gasteiger partial charge is 0.345 e. The summed E-state index contributed by atoms with van der Waals surface area (Å²) < 4.78 is 23.4. The number of benzene rings is 2. The van der Waals surface area contributed by atoms with Gasteiger partial charge < -0.3 is 9.26 Å². The van der Waals surface area contributed by atoms with Crippen molar-refractivity contribution in [1.29, 1.82) is 0 Å². The molecule has 0 amide bonds. The fraction of sp³-hybridized carbons (Fsp3) is 0.111. The van der Waals surface area contributed by atoms with E-state index in [-0.39, 0.29) is 23.0 Å². The molecule has 3 aromatic rings. The molecule has 0 fully saturated rings. The number of esters is 1. The van der Waals surface area contributed by atoms with Crippen LogP contribution in [0.15, 0.2) is 47.0 Å². The molecule has 0 saturated carbocycles. The van der Waals surface area contributed by atoms with Crippen molar-refractivity contribution in [2.45, 2.75) is 13.5 Å². The fourth-order valence-corrected chi connectivity index (χ4v) is 2.59. The van der Waals surface area contributed by atoms with Gasteiger partial charge in [-0.3, -0.25) is 10.1 Å². The van der Waals surface area contributed by atoms with E-state index in [2.05, 4.69) is 5.16 Å². The normalized spacial score (nSPS) is 10.6. The summed E-state index contributed by atoms with van der Waals surface area (Å²) in [7, 11) is 0. The summed E-state index contributed by atoms with van der Waals surface area (Å²) in [4.78, 5) is 22.6. The van der Waals surface area contributed by atoms with Crippen LogP contribution in [0, 0.1) is 22.9 Å². The number of nitro benzene ring substituents is 1. The van der Waals surface area contributed by atoms with Gasteiger partial charge in [-0.25, -0.2) is 9.18 Å². The van der Waals surface area contributed by atoms with E-state index in [1.165, 1.54) is 36.4 Å². The molecular weight excluding hydrogens is 379 g/mol. The van der Waals surface area contributed by atoms with Crippen molar-refractivity contribution in [3.63, 3.8) is 0 Å². The molecule has 0 saturated heterocycles. The molecule has 0 radical (unpaired) electrons. The zero-order valence-corrected chi connectivity index (χ0v) is 14.7. The van der Waals surface area contributed by atoms with Crippen molar-refractivity contribution in [3.8, 4) is 11.3 Å². The van der Waals surface area contributed by atoms with Gasteiger partial charge in [-0.1, -0.05) is 16.8 Å². The van der Waals surface area contributed by atoms with Gasteiger partial charge in [0.15, 0.2) is 5.76 Å². The van der Waals surface area contributed by atoms with Crippen LogP contribution in [0.1, 0.15) is 21.6 Å². The molecule has 2 aromatic carbocycles. The first kappa shape index (κ1) is 18.5. The SMILES string of the molecule is Cc1c(COC(=O)c2cc(Cl)ccc2[N+](=O)[O-])noc1-c1ccc(F)cc1. The molecule has 0 aliphatic carbocycles. The number of nitrogens with zero attached hydrogens (tertiary/aromatic N) is 2. The number of nitro groups is 1. The quantitative estimate of drug-likeness (QED) is 0.355. The minimum absolute atomic E-state index is 0.170. The monoisotopic (exact) mass is 390 g/mol. The van der Waals surface area contributed by atoms with Crippen LogP contribution in [0.4, 0.5) is 10.1 Å². The van der Waals surface area contributed by atoms with E-state index in [1.54, 1.807) is 6.92 Å². The Labute approximate surface area is 157 Å². The Kier molecular flexibility index (Phi) is 5.18. The van der Waals surface area contributed by atoms with Crippen LogP contribution in [0.3, 0.4) is 0 Å². The molecule has 0 unspecified atom stereocenters. The van der Waals surface area contributed by atoms with Crippen LogP contribution < -0.4 is 0 Å². The van der Waals surface area contributed by atoms with Gasteiger partial charge in [0.1, 0.15) is 23.7 Å². The average molecular weight is 391 g/mol. The zero-order chi connectivity index (χ0) is 19.6. The highest BCUT2D eigenvalue weighted by molar-refractivity contribution is 6.31. The van der Waals surface area contributed by atoms with Crippen LogP contribution in [0.2, 0.25) is 5.02 Å². The maximum absolute atomic E-state index is 13.0. The maximum Gasteiger partial charge on any atom is 0.345 e. The Balaban J connectivity index is 1.78. The molecule has 1 aromatic heterocycles. The lowest BCUT2D eigenvalue weighted by Crippen LogP contribution is -2.09. The molecule has 1 heterocycles. The first-order chi connectivity index (χ1) is 12.9. The van der Waals surface area contributed by atoms with E-state index in [4.69, 9.17) is 20.9 Å². The Bertz CT molecular complexity index is 1020. The van der Waals surface area contributed by atoms with Crippen LogP contribution >= 0.6 is 11.6 Å². The lowest BCUT2D eigenvalue weighted by atomic mass is 10.1. The second-order valence-electron chi connectivity index (χ2n) is 5.58. The van der Waals surface area contributed by atoms with Crippen LogP contribution in [0.5, 0.6) is 0 Å². The Morgan fingerprint density at radius 3 is 2.67 bits per heavy atom. The van der Waals surface area contributed by atoms with Gasteiger partial charge in [-0.15, -0.1) is 0 Å². The van der Waals surface area contributed by atoms with Crippen LogP contribution in [-0.4, -0.2) is 16.0 Å². The maximum atomic E-state index is 13.0. The molecule has 0 aliphatic heterocycles. The summed E-state index contributed by atoms with van der Waals surface area (Å²) in [6.45, 7) is 1.46. The molecule has 0 aliphatic rings. The highest BCUT2D eigenvalue weighted by atomic mass is 35.5. The van der Waals surface area contributed by atoms with Gasteiger partial charge in [-0.2, -0.15) is 0 Å². The summed E-state index contributed by atoms with van der Waals surface area (Å²) in [5, 5.41) is 15.1. The Hall–Kier alpha value is -3.26. The predicted octanol–water partition coefficient (Wildman–Crippen LogP) is 4.71.